The second-order valence-corrected chi connectivity index (χ2v) is 5.29. The molecule has 0 aliphatic heterocycles. The van der Waals surface area contributed by atoms with Crippen molar-refractivity contribution in [1.82, 2.24) is 15.1 Å². The number of nitrogens with zero attached hydrogens (tertiary/aromatic N) is 2. The van der Waals surface area contributed by atoms with Crippen molar-refractivity contribution in [2.75, 3.05) is 6.54 Å². The van der Waals surface area contributed by atoms with Crippen LogP contribution in [0.1, 0.15) is 44.6 Å². The van der Waals surface area contributed by atoms with Crippen LogP contribution in [0.25, 0.3) is 0 Å². The highest BCUT2D eigenvalue weighted by molar-refractivity contribution is 5.04. The van der Waals surface area contributed by atoms with E-state index in [1.165, 1.54) is 37.7 Å². The van der Waals surface area contributed by atoms with E-state index in [4.69, 9.17) is 0 Å². The summed E-state index contributed by atoms with van der Waals surface area (Å²) < 4.78 is 1.88. The minimum Gasteiger partial charge on any atom is -0.313 e. The van der Waals surface area contributed by atoms with Crippen LogP contribution >= 0.6 is 0 Å². The molecular formula is C14H25N3. The van der Waals surface area contributed by atoms with Gasteiger partial charge in [-0.05, 0) is 37.3 Å². The Morgan fingerprint density at radius 3 is 2.94 bits per heavy atom. The molecule has 1 aromatic heterocycles. The van der Waals surface area contributed by atoms with E-state index in [0.29, 0.717) is 0 Å². The van der Waals surface area contributed by atoms with Gasteiger partial charge in [0.05, 0.1) is 6.20 Å². The van der Waals surface area contributed by atoms with Gasteiger partial charge in [-0.15, -0.1) is 0 Å². The van der Waals surface area contributed by atoms with Gasteiger partial charge >= 0.3 is 0 Å². The SMILES string of the molecule is CCC1CCCCC1NCCc1cnn(C)c1. The van der Waals surface area contributed by atoms with Gasteiger partial charge in [0, 0.05) is 19.3 Å². The first-order valence-corrected chi connectivity index (χ1v) is 7.00. The zero-order valence-electron chi connectivity index (χ0n) is 11.2. The number of aromatic nitrogens is 2. The fourth-order valence-electron chi connectivity index (χ4n) is 2.97. The van der Waals surface area contributed by atoms with Crippen LogP contribution in [0.3, 0.4) is 0 Å². The first-order chi connectivity index (χ1) is 8.29. The molecule has 0 saturated heterocycles. The van der Waals surface area contributed by atoms with E-state index in [0.717, 1.165) is 24.9 Å². The fourth-order valence-corrected chi connectivity index (χ4v) is 2.97. The predicted molar refractivity (Wildman–Crippen MR) is 71.0 cm³/mol. The lowest BCUT2D eigenvalue weighted by atomic mass is 9.83. The molecule has 1 saturated carbocycles. The van der Waals surface area contributed by atoms with Crippen molar-refractivity contribution in [3.8, 4) is 0 Å². The van der Waals surface area contributed by atoms with Gasteiger partial charge in [0.1, 0.15) is 0 Å². The Bertz CT molecular complexity index is 332. The topological polar surface area (TPSA) is 29.9 Å². The fraction of sp³-hybridized carbons (Fsp3) is 0.786. The Balaban J connectivity index is 1.73. The monoisotopic (exact) mass is 235 g/mol. The van der Waals surface area contributed by atoms with Crippen molar-refractivity contribution < 1.29 is 0 Å². The molecule has 2 unspecified atom stereocenters. The summed E-state index contributed by atoms with van der Waals surface area (Å²) >= 11 is 0. The molecule has 1 aromatic rings. The van der Waals surface area contributed by atoms with Gasteiger partial charge in [0.15, 0.2) is 0 Å². The van der Waals surface area contributed by atoms with Crippen molar-refractivity contribution >= 4 is 0 Å². The molecule has 1 N–H and O–H groups in total. The van der Waals surface area contributed by atoms with Crippen LogP contribution in [0.4, 0.5) is 0 Å². The summed E-state index contributed by atoms with van der Waals surface area (Å²) in [7, 11) is 1.98. The molecule has 1 aliphatic carbocycles. The van der Waals surface area contributed by atoms with Gasteiger partial charge in [-0.3, -0.25) is 4.68 Å². The van der Waals surface area contributed by atoms with Gasteiger partial charge in [-0.25, -0.2) is 0 Å². The molecular weight excluding hydrogens is 210 g/mol. The van der Waals surface area contributed by atoms with E-state index in [2.05, 4.69) is 23.5 Å². The molecule has 3 heteroatoms. The minimum absolute atomic E-state index is 0.755. The molecule has 2 rings (SSSR count). The number of aryl methyl sites for hydroxylation is 1. The minimum atomic E-state index is 0.755. The smallest absolute Gasteiger partial charge is 0.0522 e. The molecule has 0 amide bonds. The number of nitrogens with one attached hydrogen (secondary N) is 1. The van der Waals surface area contributed by atoms with E-state index in [1.54, 1.807) is 0 Å². The highest BCUT2D eigenvalue weighted by Gasteiger charge is 2.22. The second-order valence-electron chi connectivity index (χ2n) is 5.29. The Kier molecular flexibility index (Phi) is 4.60. The third-order valence-corrected chi connectivity index (χ3v) is 4.01. The molecule has 0 aromatic carbocycles. The zero-order chi connectivity index (χ0) is 12.1. The Morgan fingerprint density at radius 2 is 2.24 bits per heavy atom. The third-order valence-electron chi connectivity index (χ3n) is 4.01. The zero-order valence-corrected chi connectivity index (χ0v) is 11.2. The predicted octanol–water partition coefficient (Wildman–Crippen LogP) is 2.52. The summed E-state index contributed by atoms with van der Waals surface area (Å²) in [5.41, 5.74) is 1.34. The van der Waals surface area contributed by atoms with Crippen LogP contribution in [0.5, 0.6) is 0 Å². The largest absolute Gasteiger partial charge is 0.313 e. The summed E-state index contributed by atoms with van der Waals surface area (Å²) in [4.78, 5) is 0. The average Bonchev–Trinajstić information content (AvgIpc) is 2.76. The van der Waals surface area contributed by atoms with Crippen molar-refractivity contribution in [1.29, 1.82) is 0 Å². The number of hydrogen-bond donors (Lipinski definition) is 1. The molecule has 1 fully saturated rings. The van der Waals surface area contributed by atoms with Crippen LogP contribution in [-0.2, 0) is 13.5 Å². The van der Waals surface area contributed by atoms with Crippen LogP contribution in [0, 0.1) is 5.92 Å². The maximum absolute atomic E-state index is 4.20. The Hall–Kier alpha value is -0.830. The molecule has 0 radical (unpaired) electrons. The van der Waals surface area contributed by atoms with Gasteiger partial charge in [-0.1, -0.05) is 26.2 Å². The van der Waals surface area contributed by atoms with E-state index < -0.39 is 0 Å². The molecule has 0 spiro atoms. The standard InChI is InChI=1S/C14H25N3/c1-3-13-6-4-5-7-14(13)15-9-8-12-10-16-17(2)11-12/h10-11,13-15H,3-9H2,1-2H3. The van der Waals surface area contributed by atoms with E-state index >= 15 is 0 Å². The van der Waals surface area contributed by atoms with E-state index in [9.17, 15) is 0 Å². The van der Waals surface area contributed by atoms with Gasteiger partial charge in [0.25, 0.3) is 0 Å². The molecule has 3 nitrogen and oxygen atoms in total. The molecule has 2 atom stereocenters. The lowest BCUT2D eigenvalue weighted by Gasteiger charge is -2.31. The van der Waals surface area contributed by atoms with Crippen LogP contribution in [-0.4, -0.2) is 22.4 Å². The normalized spacial score (nSPS) is 25.1. The first kappa shape index (κ1) is 12.6. The summed E-state index contributed by atoms with van der Waals surface area (Å²) in [6.07, 6.45) is 12.1. The van der Waals surface area contributed by atoms with Crippen molar-refractivity contribution in [2.24, 2.45) is 13.0 Å². The molecule has 17 heavy (non-hydrogen) atoms. The summed E-state index contributed by atoms with van der Waals surface area (Å²) in [5.74, 6) is 0.901. The lowest BCUT2D eigenvalue weighted by Crippen LogP contribution is -2.39. The van der Waals surface area contributed by atoms with Gasteiger partial charge < -0.3 is 5.32 Å². The quantitative estimate of drug-likeness (QED) is 0.850. The Labute approximate surface area is 105 Å². The number of rotatable bonds is 5. The van der Waals surface area contributed by atoms with Crippen LogP contribution in [0.15, 0.2) is 12.4 Å². The van der Waals surface area contributed by atoms with Crippen molar-refractivity contribution in [3.63, 3.8) is 0 Å². The van der Waals surface area contributed by atoms with Crippen molar-refractivity contribution in [2.45, 2.75) is 51.5 Å². The van der Waals surface area contributed by atoms with E-state index in [1.807, 2.05) is 17.9 Å². The maximum Gasteiger partial charge on any atom is 0.0522 e. The highest BCUT2D eigenvalue weighted by atomic mass is 15.2. The van der Waals surface area contributed by atoms with E-state index in [-0.39, 0.29) is 0 Å². The highest BCUT2D eigenvalue weighted by Crippen LogP contribution is 2.26. The molecule has 0 bridgehead atoms. The van der Waals surface area contributed by atoms with Crippen LogP contribution < -0.4 is 5.32 Å². The average molecular weight is 235 g/mol. The van der Waals surface area contributed by atoms with Gasteiger partial charge in [-0.2, -0.15) is 5.10 Å². The number of hydrogen-bond acceptors (Lipinski definition) is 2. The lowest BCUT2D eigenvalue weighted by molar-refractivity contribution is 0.257. The van der Waals surface area contributed by atoms with Crippen LogP contribution in [0.2, 0.25) is 0 Å². The Morgan fingerprint density at radius 1 is 1.41 bits per heavy atom. The van der Waals surface area contributed by atoms with Crippen molar-refractivity contribution in [3.05, 3.63) is 18.0 Å². The molecule has 1 aliphatic rings. The summed E-state index contributed by atoms with van der Waals surface area (Å²) in [5, 5.41) is 7.95. The second kappa shape index (κ2) is 6.20. The molecule has 1 heterocycles. The van der Waals surface area contributed by atoms with Gasteiger partial charge in [0.2, 0.25) is 0 Å². The summed E-state index contributed by atoms with van der Waals surface area (Å²) in [6.45, 7) is 3.42. The summed E-state index contributed by atoms with van der Waals surface area (Å²) in [6, 6.07) is 0.755. The maximum atomic E-state index is 4.20. The third kappa shape index (κ3) is 3.56. The molecule has 96 valence electrons. The first-order valence-electron chi connectivity index (χ1n) is 7.00.